The first-order valence-electron chi connectivity index (χ1n) is 5.75. The van der Waals surface area contributed by atoms with E-state index in [0.29, 0.717) is 10.2 Å². The number of rotatable bonds is 1. The van der Waals surface area contributed by atoms with Gasteiger partial charge in [-0.3, -0.25) is 0 Å². The third-order valence-electron chi connectivity index (χ3n) is 3.05. The third kappa shape index (κ3) is 2.09. The van der Waals surface area contributed by atoms with Crippen LogP contribution in [0.5, 0.6) is 0 Å². The monoisotopic (exact) mass is 292 g/mol. The Labute approximate surface area is 120 Å². The zero-order chi connectivity index (χ0) is 13.6. The first kappa shape index (κ1) is 12.5. The molecule has 96 valence electrons. The predicted molar refractivity (Wildman–Crippen MR) is 76.7 cm³/mol. The van der Waals surface area contributed by atoms with Gasteiger partial charge in [-0.1, -0.05) is 34.4 Å². The summed E-state index contributed by atoms with van der Waals surface area (Å²) in [6, 6.07) is 7.49. The van der Waals surface area contributed by atoms with E-state index >= 15 is 0 Å². The lowest BCUT2D eigenvalue weighted by Crippen LogP contribution is -1.86. The molecule has 0 radical (unpaired) electrons. The van der Waals surface area contributed by atoms with Gasteiger partial charge in [0.25, 0.3) is 0 Å². The highest BCUT2D eigenvalue weighted by molar-refractivity contribution is 6.37. The summed E-state index contributed by atoms with van der Waals surface area (Å²) in [6.07, 6.45) is 0. The van der Waals surface area contributed by atoms with Crippen molar-refractivity contribution in [1.29, 1.82) is 0 Å². The summed E-state index contributed by atoms with van der Waals surface area (Å²) < 4.78 is 5.19. The summed E-state index contributed by atoms with van der Waals surface area (Å²) in [5.74, 6) is 0.787. The van der Waals surface area contributed by atoms with Gasteiger partial charge in [-0.05, 0) is 37.6 Å². The minimum absolute atomic E-state index is 0.391. The van der Waals surface area contributed by atoms with Crippen molar-refractivity contribution < 1.29 is 4.52 Å². The molecule has 0 aliphatic heterocycles. The van der Waals surface area contributed by atoms with Crippen molar-refractivity contribution in [3.63, 3.8) is 0 Å². The Morgan fingerprint density at radius 2 is 1.89 bits per heavy atom. The normalized spacial score (nSPS) is 11.2. The number of aromatic nitrogens is 2. The number of hydrogen-bond acceptors (Lipinski definition) is 3. The van der Waals surface area contributed by atoms with E-state index in [1.807, 2.05) is 32.0 Å². The molecule has 0 spiro atoms. The van der Waals surface area contributed by atoms with E-state index in [1.54, 1.807) is 6.07 Å². The van der Waals surface area contributed by atoms with E-state index in [2.05, 4.69) is 10.1 Å². The van der Waals surface area contributed by atoms with Gasteiger partial charge in [-0.15, -0.1) is 0 Å². The van der Waals surface area contributed by atoms with Gasteiger partial charge < -0.3 is 4.52 Å². The van der Waals surface area contributed by atoms with Gasteiger partial charge in [-0.25, -0.2) is 4.98 Å². The van der Waals surface area contributed by atoms with Gasteiger partial charge >= 0.3 is 0 Å². The van der Waals surface area contributed by atoms with Crippen LogP contribution < -0.4 is 0 Å². The topological polar surface area (TPSA) is 38.9 Å². The van der Waals surface area contributed by atoms with Crippen molar-refractivity contribution >= 4 is 34.1 Å². The van der Waals surface area contributed by atoms with Crippen molar-refractivity contribution in [2.45, 2.75) is 13.8 Å². The van der Waals surface area contributed by atoms with Gasteiger partial charge in [0, 0.05) is 10.9 Å². The lowest BCUT2D eigenvalue weighted by molar-refractivity contribution is 0.393. The second kappa shape index (κ2) is 4.51. The van der Waals surface area contributed by atoms with Crippen molar-refractivity contribution in [1.82, 2.24) is 10.1 Å². The van der Waals surface area contributed by atoms with Crippen LogP contribution in [-0.2, 0) is 0 Å². The smallest absolute Gasteiger partial charge is 0.141 e. The summed E-state index contributed by atoms with van der Waals surface area (Å²) in [4.78, 5) is 4.25. The maximum atomic E-state index is 6.21. The Bertz CT molecular complexity index is 761. The third-order valence-corrected chi connectivity index (χ3v) is 3.56. The zero-order valence-electron chi connectivity index (χ0n) is 10.4. The lowest BCUT2D eigenvalue weighted by atomic mass is 10.0. The number of hydrogen-bond donors (Lipinski definition) is 0. The highest BCUT2D eigenvalue weighted by Crippen LogP contribution is 2.32. The van der Waals surface area contributed by atoms with E-state index in [0.717, 1.165) is 33.5 Å². The van der Waals surface area contributed by atoms with Crippen LogP contribution in [0.2, 0.25) is 10.2 Å². The Morgan fingerprint density at radius 3 is 2.58 bits per heavy atom. The fourth-order valence-electron chi connectivity index (χ4n) is 2.21. The Morgan fingerprint density at radius 1 is 1.11 bits per heavy atom. The van der Waals surface area contributed by atoms with Crippen molar-refractivity contribution in [3.8, 4) is 11.1 Å². The van der Waals surface area contributed by atoms with Crippen LogP contribution >= 0.6 is 23.2 Å². The molecule has 0 N–H and O–H groups in total. The number of benzene rings is 1. The van der Waals surface area contributed by atoms with Gasteiger partial charge in [0.1, 0.15) is 10.9 Å². The molecule has 1 aromatic carbocycles. The molecule has 0 amide bonds. The Hall–Kier alpha value is -1.58. The van der Waals surface area contributed by atoms with Crippen molar-refractivity contribution in [3.05, 3.63) is 45.9 Å². The standard InChI is InChI=1S/C14H10Cl2N2O/c1-7-14(8(2)19-18-7)9-3-4-12-10(5-9)11(15)6-13(16)17-12/h3-6H,1-2H3. The van der Waals surface area contributed by atoms with E-state index in [1.165, 1.54) is 0 Å². The van der Waals surface area contributed by atoms with Gasteiger partial charge in [0.2, 0.25) is 0 Å². The fraction of sp³-hybridized carbons (Fsp3) is 0.143. The average Bonchev–Trinajstić information content (AvgIpc) is 2.69. The van der Waals surface area contributed by atoms with Gasteiger partial charge in [-0.2, -0.15) is 0 Å². The summed E-state index contributed by atoms with van der Waals surface area (Å²) in [5.41, 5.74) is 3.63. The maximum Gasteiger partial charge on any atom is 0.141 e. The molecule has 3 rings (SSSR count). The lowest BCUT2D eigenvalue weighted by Gasteiger charge is -2.05. The molecule has 0 bridgehead atoms. The van der Waals surface area contributed by atoms with E-state index in [4.69, 9.17) is 27.7 Å². The average molecular weight is 293 g/mol. The molecule has 0 aliphatic carbocycles. The molecular weight excluding hydrogens is 283 g/mol. The predicted octanol–water partition coefficient (Wildman–Crippen LogP) is 4.81. The summed E-state index contributed by atoms with van der Waals surface area (Å²) in [7, 11) is 0. The number of fused-ring (bicyclic) bond motifs is 1. The molecule has 3 aromatic rings. The van der Waals surface area contributed by atoms with Gasteiger partial charge in [0.15, 0.2) is 0 Å². The zero-order valence-corrected chi connectivity index (χ0v) is 11.9. The number of nitrogens with zero attached hydrogens (tertiary/aromatic N) is 2. The molecule has 0 atom stereocenters. The summed E-state index contributed by atoms with van der Waals surface area (Å²) in [6.45, 7) is 3.80. The number of aryl methyl sites for hydroxylation is 2. The van der Waals surface area contributed by atoms with Crippen LogP contribution in [0.25, 0.3) is 22.0 Å². The highest BCUT2D eigenvalue weighted by atomic mass is 35.5. The molecule has 0 fully saturated rings. The minimum atomic E-state index is 0.391. The number of pyridine rings is 1. The van der Waals surface area contributed by atoms with Crippen LogP contribution in [0.1, 0.15) is 11.5 Å². The second-order valence-electron chi connectivity index (χ2n) is 4.36. The van der Waals surface area contributed by atoms with Crippen LogP contribution in [-0.4, -0.2) is 10.1 Å². The van der Waals surface area contributed by atoms with Crippen molar-refractivity contribution in [2.75, 3.05) is 0 Å². The van der Waals surface area contributed by atoms with E-state index in [-0.39, 0.29) is 0 Å². The van der Waals surface area contributed by atoms with Crippen LogP contribution in [0, 0.1) is 13.8 Å². The molecule has 0 saturated heterocycles. The molecule has 2 aromatic heterocycles. The quantitative estimate of drug-likeness (QED) is 0.604. The molecule has 3 nitrogen and oxygen atoms in total. The Balaban J connectivity index is 2.28. The Kier molecular flexibility index (Phi) is 2.96. The summed E-state index contributed by atoms with van der Waals surface area (Å²) in [5, 5.41) is 5.81. The molecule has 19 heavy (non-hydrogen) atoms. The maximum absolute atomic E-state index is 6.21. The molecule has 0 saturated carbocycles. The van der Waals surface area contributed by atoms with Crippen LogP contribution in [0.3, 0.4) is 0 Å². The summed E-state index contributed by atoms with van der Waals surface area (Å²) >= 11 is 12.1. The second-order valence-corrected chi connectivity index (χ2v) is 5.15. The minimum Gasteiger partial charge on any atom is -0.361 e. The molecular formula is C14H10Cl2N2O. The van der Waals surface area contributed by atoms with Crippen LogP contribution in [0.4, 0.5) is 0 Å². The van der Waals surface area contributed by atoms with Crippen molar-refractivity contribution in [2.24, 2.45) is 0 Å². The largest absolute Gasteiger partial charge is 0.361 e. The first-order chi connectivity index (χ1) is 9.06. The number of halogens is 2. The van der Waals surface area contributed by atoms with E-state index < -0.39 is 0 Å². The SMILES string of the molecule is Cc1noc(C)c1-c1ccc2nc(Cl)cc(Cl)c2c1. The fourth-order valence-corrected chi connectivity index (χ4v) is 2.72. The highest BCUT2D eigenvalue weighted by Gasteiger charge is 2.13. The first-order valence-corrected chi connectivity index (χ1v) is 6.51. The molecule has 0 aliphatic rings. The molecule has 0 unspecified atom stereocenters. The van der Waals surface area contributed by atoms with Crippen LogP contribution in [0.15, 0.2) is 28.8 Å². The van der Waals surface area contributed by atoms with E-state index in [9.17, 15) is 0 Å². The van der Waals surface area contributed by atoms with Gasteiger partial charge in [0.05, 0.1) is 16.2 Å². The molecule has 2 heterocycles. The molecule has 5 heteroatoms.